The van der Waals surface area contributed by atoms with Crippen LogP contribution < -0.4 is 0 Å². The van der Waals surface area contributed by atoms with E-state index in [0.717, 1.165) is 10.4 Å². The number of carbonyl (C=O) groups excluding carboxylic acids is 1. The number of carbonyl (C=O) groups is 1. The Morgan fingerprint density at radius 1 is 1.18 bits per heavy atom. The lowest BCUT2D eigenvalue weighted by atomic mass is 10.1. The van der Waals surface area contributed by atoms with Crippen LogP contribution in [-0.2, 0) is 4.74 Å². The molecule has 3 nitrogen and oxygen atoms in total. The van der Waals surface area contributed by atoms with Crippen LogP contribution in [0.1, 0.15) is 29.1 Å². The van der Waals surface area contributed by atoms with Gasteiger partial charge < -0.3 is 9.64 Å². The summed E-state index contributed by atoms with van der Waals surface area (Å²) < 4.78 is 5.71. The molecule has 0 N–H and O–H groups in total. The average molecular weight is 315 g/mol. The molecule has 1 aliphatic heterocycles. The number of ether oxygens (including phenoxy) is 1. The molecule has 2 atom stereocenters. The van der Waals surface area contributed by atoms with Crippen LogP contribution in [0.15, 0.2) is 36.4 Å². The molecule has 2 aromatic rings. The monoisotopic (exact) mass is 315 g/mol. The van der Waals surface area contributed by atoms with Crippen molar-refractivity contribution in [3.05, 3.63) is 46.8 Å². The van der Waals surface area contributed by atoms with Gasteiger partial charge in [-0.3, -0.25) is 4.79 Å². The second kappa shape index (κ2) is 6.23. The van der Waals surface area contributed by atoms with Crippen LogP contribution in [0.5, 0.6) is 0 Å². The fourth-order valence-corrected chi connectivity index (χ4v) is 4.11. The SMILES string of the molecule is Cc1cc(C(=O)N2C[C@@H](C)O[C@@H](C)C2)sc1-c1ccccc1. The van der Waals surface area contributed by atoms with E-state index in [1.807, 2.05) is 43.0 Å². The first-order valence-corrected chi connectivity index (χ1v) is 8.47. The highest BCUT2D eigenvalue weighted by Crippen LogP contribution is 2.33. The van der Waals surface area contributed by atoms with Gasteiger partial charge in [0.25, 0.3) is 5.91 Å². The molecule has 0 spiro atoms. The number of amides is 1. The van der Waals surface area contributed by atoms with Gasteiger partial charge in [-0.1, -0.05) is 30.3 Å². The second-order valence-corrected chi connectivity index (χ2v) is 7.01. The zero-order chi connectivity index (χ0) is 15.7. The summed E-state index contributed by atoms with van der Waals surface area (Å²) in [6.45, 7) is 7.44. The Hall–Kier alpha value is -1.65. The van der Waals surface area contributed by atoms with Crippen LogP contribution in [0.4, 0.5) is 0 Å². The Labute approximate surface area is 135 Å². The van der Waals surface area contributed by atoms with Crippen molar-refractivity contribution in [2.24, 2.45) is 0 Å². The molecule has 1 aromatic heterocycles. The lowest BCUT2D eigenvalue weighted by Gasteiger charge is -2.35. The Balaban J connectivity index is 1.85. The van der Waals surface area contributed by atoms with Gasteiger partial charge in [0, 0.05) is 18.0 Å². The minimum Gasteiger partial charge on any atom is -0.372 e. The van der Waals surface area contributed by atoms with E-state index in [4.69, 9.17) is 4.74 Å². The van der Waals surface area contributed by atoms with Crippen molar-refractivity contribution in [1.29, 1.82) is 0 Å². The summed E-state index contributed by atoms with van der Waals surface area (Å²) in [4.78, 5) is 16.7. The van der Waals surface area contributed by atoms with Crippen molar-refractivity contribution in [2.75, 3.05) is 13.1 Å². The van der Waals surface area contributed by atoms with E-state index >= 15 is 0 Å². The number of hydrogen-bond acceptors (Lipinski definition) is 3. The van der Waals surface area contributed by atoms with Crippen molar-refractivity contribution in [1.82, 2.24) is 4.90 Å². The lowest BCUT2D eigenvalue weighted by Crippen LogP contribution is -2.48. The van der Waals surface area contributed by atoms with Crippen LogP contribution in [0.3, 0.4) is 0 Å². The van der Waals surface area contributed by atoms with Gasteiger partial charge in [-0.05, 0) is 38.0 Å². The third-order valence-electron chi connectivity index (χ3n) is 3.87. The van der Waals surface area contributed by atoms with E-state index < -0.39 is 0 Å². The molecular weight excluding hydrogens is 294 g/mol. The topological polar surface area (TPSA) is 29.5 Å². The maximum absolute atomic E-state index is 12.8. The molecule has 0 radical (unpaired) electrons. The fourth-order valence-electron chi connectivity index (χ4n) is 2.96. The molecule has 116 valence electrons. The third kappa shape index (κ3) is 3.08. The zero-order valence-electron chi connectivity index (χ0n) is 13.2. The molecule has 0 unspecified atom stereocenters. The number of benzene rings is 1. The number of nitrogens with zero attached hydrogens (tertiary/aromatic N) is 1. The summed E-state index contributed by atoms with van der Waals surface area (Å²) in [6, 6.07) is 12.3. The van der Waals surface area contributed by atoms with Crippen molar-refractivity contribution >= 4 is 17.2 Å². The largest absolute Gasteiger partial charge is 0.372 e. The molecule has 1 fully saturated rings. The summed E-state index contributed by atoms with van der Waals surface area (Å²) in [7, 11) is 0. The van der Waals surface area contributed by atoms with E-state index in [9.17, 15) is 4.79 Å². The van der Waals surface area contributed by atoms with Crippen LogP contribution >= 0.6 is 11.3 Å². The van der Waals surface area contributed by atoms with Gasteiger partial charge in [-0.2, -0.15) is 0 Å². The first-order valence-electron chi connectivity index (χ1n) is 7.65. The van der Waals surface area contributed by atoms with E-state index in [1.165, 1.54) is 10.4 Å². The summed E-state index contributed by atoms with van der Waals surface area (Å²) in [6.07, 6.45) is 0.199. The van der Waals surface area contributed by atoms with Gasteiger partial charge in [-0.15, -0.1) is 11.3 Å². The quantitative estimate of drug-likeness (QED) is 0.839. The number of hydrogen-bond donors (Lipinski definition) is 0. The molecule has 1 saturated heterocycles. The summed E-state index contributed by atoms with van der Waals surface area (Å²) in [5.74, 6) is 0.122. The second-order valence-electron chi connectivity index (χ2n) is 5.96. The predicted molar refractivity (Wildman–Crippen MR) is 90.4 cm³/mol. The van der Waals surface area contributed by atoms with E-state index in [2.05, 4.69) is 19.1 Å². The fraction of sp³-hybridized carbons (Fsp3) is 0.389. The first-order chi connectivity index (χ1) is 10.5. The van der Waals surface area contributed by atoms with Crippen LogP contribution in [-0.4, -0.2) is 36.1 Å². The zero-order valence-corrected chi connectivity index (χ0v) is 14.0. The summed E-state index contributed by atoms with van der Waals surface area (Å²) in [5.41, 5.74) is 2.33. The molecule has 2 heterocycles. The van der Waals surface area contributed by atoms with Gasteiger partial charge in [-0.25, -0.2) is 0 Å². The van der Waals surface area contributed by atoms with Gasteiger partial charge in [0.15, 0.2) is 0 Å². The van der Waals surface area contributed by atoms with Crippen molar-refractivity contribution in [2.45, 2.75) is 33.0 Å². The summed E-state index contributed by atoms with van der Waals surface area (Å²) in [5, 5.41) is 0. The Morgan fingerprint density at radius 2 is 1.82 bits per heavy atom. The molecule has 22 heavy (non-hydrogen) atoms. The van der Waals surface area contributed by atoms with E-state index in [-0.39, 0.29) is 18.1 Å². The lowest BCUT2D eigenvalue weighted by molar-refractivity contribution is -0.0585. The van der Waals surface area contributed by atoms with Crippen LogP contribution in [0, 0.1) is 6.92 Å². The number of thiophene rings is 1. The molecule has 0 aliphatic carbocycles. The molecule has 1 amide bonds. The number of aryl methyl sites for hydroxylation is 1. The Kier molecular flexibility index (Phi) is 4.32. The van der Waals surface area contributed by atoms with Gasteiger partial charge in [0.2, 0.25) is 0 Å². The highest BCUT2D eigenvalue weighted by atomic mass is 32.1. The van der Waals surface area contributed by atoms with Gasteiger partial charge >= 0.3 is 0 Å². The maximum atomic E-state index is 12.8. The third-order valence-corrected chi connectivity index (χ3v) is 5.15. The van der Waals surface area contributed by atoms with Crippen molar-refractivity contribution < 1.29 is 9.53 Å². The predicted octanol–water partition coefficient (Wildman–Crippen LogP) is 3.97. The van der Waals surface area contributed by atoms with Gasteiger partial charge in [0.05, 0.1) is 17.1 Å². The van der Waals surface area contributed by atoms with Gasteiger partial charge in [0.1, 0.15) is 0 Å². The van der Waals surface area contributed by atoms with Crippen LogP contribution in [0.2, 0.25) is 0 Å². The average Bonchev–Trinajstić information content (AvgIpc) is 2.88. The molecule has 1 aromatic carbocycles. The standard InChI is InChI=1S/C18H21NO2S/c1-12-9-16(22-17(12)15-7-5-4-6-8-15)18(20)19-10-13(2)21-14(3)11-19/h4-9,13-14H,10-11H2,1-3H3/t13-,14+. The number of morpholine rings is 1. The van der Waals surface area contributed by atoms with Crippen LogP contribution in [0.25, 0.3) is 10.4 Å². The molecule has 0 bridgehead atoms. The normalized spacial score (nSPS) is 21.9. The summed E-state index contributed by atoms with van der Waals surface area (Å²) >= 11 is 1.58. The molecule has 4 heteroatoms. The molecule has 3 rings (SSSR count). The highest BCUT2D eigenvalue weighted by Gasteiger charge is 2.27. The molecule has 1 aliphatic rings. The maximum Gasteiger partial charge on any atom is 0.264 e. The van der Waals surface area contributed by atoms with E-state index in [0.29, 0.717) is 13.1 Å². The minimum atomic E-state index is 0.0994. The first kappa shape index (κ1) is 15.3. The highest BCUT2D eigenvalue weighted by molar-refractivity contribution is 7.17. The van der Waals surface area contributed by atoms with E-state index in [1.54, 1.807) is 11.3 Å². The van der Waals surface area contributed by atoms with Crippen molar-refractivity contribution in [3.63, 3.8) is 0 Å². The Morgan fingerprint density at radius 3 is 2.45 bits per heavy atom. The minimum absolute atomic E-state index is 0.0994. The smallest absolute Gasteiger partial charge is 0.264 e. The van der Waals surface area contributed by atoms with Crippen molar-refractivity contribution in [3.8, 4) is 10.4 Å². The molecular formula is C18H21NO2S. The Bertz CT molecular complexity index is 655. The number of rotatable bonds is 2. The molecule has 0 saturated carbocycles.